The molecule has 1 aromatic rings. The van der Waals surface area contributed by atoms with Crippen LogP contribution in [0.2, 0.25) is 4.47 Å². The quantitative estimate of drug-likeness (QED) is 0.678. The van der Waals surface area contributed by atoms with Crippen LogP contribution in [0.3, 0.4) is 0 Å². The van der Waals surface area contributed by atoms with Crippen LogP contribution in [0.4, 0.5) is 0 Å². The van der Waals surface area contributed by atoms with Crippen LogP contribution in [0.25, 0.3) is 6.08 Å². The van der Waals surface area contributed by atoms with Crippen LogP contribution in [-0.4, -0.2) is 46.0 Å². The van der Waals surface area contributed by atoms with Gasteiger partial charge in [0.1, 0.15) is 0 Å². The van der Waals surface area contributed by atoms with Gasteiger partial charge in [-0.15, -0.1) is 0 Å². The van der Waals surface area contributed by atoms with Crippen molar-refractivity contribution < 1.29 is 0 Å². The van der Waals surface area contributed by atoms with Crippen molar-refractivity contribution in [3.63, 3.8) is 0 Å². The molecule has 0 radical (unpaired) electrons. The molecule has 1 aromatic carbocycles. The second kappa shape index (κ2) is 7.84. The normalized spacial score (nSPS) is 19.8. The molecule has 106 valence electrons. The monoisotopic (exact) mass is 383 g/mol. The molecular weight excluding hydrogens is 358 g/mol. The van der Waals surface area contributed by atoms with Crippen molar-refractivity contribution in [2.45, 2.75) is 17.4 Å². The van der Waals surface area contributed by atoms with E-state index in [1.54, 1.807) is 3.62 Å². The summed E-state index contributed by atoms with van der Waals surface area (Å²) in [5.74, 6) is 0.637. The predicted octanol–water partition coefficient (Wildman–Crippen LogP) is 3.84. The van der Waals surface area contributed by atoms with Gasteiger partial charge in [0, 0.05) is 0 Å². The van der Waals surface area contributed by atoms with Gasteiger partial charge in [-0.05, 0) is 0 Å². The summed E-state index contributed by atoms with van der Waals surface area (Å²) in [5.41, 5.74) is 1.30. The summed E-state index contributed by atoms with van der Waals surface area (Å²) in [4.78, 5) is 2.32. The Labute approximate surface area is 133 Å². The summed E-state index contributed by atoms with van der Waals surface area (Å²) < 4.78 is 2.93. The zero-order valence-corrected chi connectivity index (χ0v) is 14.8. The Kier molecular flexibility index (Phi) is 6.10. The summed E-state index contributed by atoms with van der Waals surface area (Å²) in [5, 5.41) is 0. The Bertz CT molecular complexity index is 499. The topological polar surface area (TPSA) is 3.24 Å². The first kappa shape index (κ1) is 15.6. The molecule has 0 aliphatic heterocycles. The molecule has 0 spiro atoms. The number of hydrogen-bond acceptors (Lipinski definition) is 1. The van der Waals surface area contributed by atoms with E-state index in [0.29, 0.717) is 12.0 Å². The zero-order valence-electron chi connectivity index (χ0n) is 12.5. The van der Waals surface area contributed by atoms with Crippen molar-refractivity contribution in [1.29, 1.82) is 0 Å². The maximum absolute atomic E-state index is 2.37. The second-order valence-corrected chi connectivity index (χ2v) is 8.43. The first-order chi connectivity index (χ1) is 9.68. The van der Waals surface area contributed by atoms with Gasteiger partial charge in [0.2, 0.25) is 0 Å². The standard InChI is InChI=1S/C18H23NTe/c1-15(19(2)3)17-12-7-13-18(17)20-14-8-11-16-9-5-4-6-10-16/h4-13,15,17H,14H2,1-3H3/b11-8+. The van der Waals surface area contributed by atoms with E-state index in [0.717, 1.165) is 0 Å². The minimum atomic E-state index is -0.0809. The molecule has 2 rings (SSSR count). The van der Waals surface area contributed by atoms with Gasteiger partial charge in [0.15, 0.2) is 0 Å². The summed E-state index contributed by atoms with van der Waals surface area (Å²) in [6.07, 6.45) is 11.5. The molecule has 0 saturated heterocycles. The Morgan fingerprint density at radius 2 is 2.00 bits per heavy atom. The molecule has 2 atom stereocenters. The van der Waals surface area contributed by atoms with E-state index in [4.69, 9.17) is 0 Å². The van der Waals surface area contributed by atoms with Crippen molar-refractivity contribution in [3.8, 4) is 0 Å². The van der Waals surface area contributed by atoms with Crippen LogP contribution in [0, 0.1) is 5.92 Å². The van der Waals surface area contributed by atoms with Gasteiger partial charge >= 0.3 is 133 Å². The van der Waals surface area contributed by atoms with Crippen molar-refractivity contribution in [2.24, 2.45) is 5.92 Å². The van der Waals surface area contributed by atoms with Crippen LogP contribution in [0.15, 0.2) is 58.3 Å². The predicted molar refractivity (Wildman–Crippen MR) is 89.9 cm³/mol. The fourth-order valence-electron chi connectivity index (χ4n) is 2.23. The van der Waals surface area contributed by atoms with Gasteiger partial charge in [-0.3, -0.25) is 0 Å². The van der Waals surface area contributed by atoms with E-state index in [9.17, 15) is 0 Å². The maximum atomic E-state index is 2.37. The van der Waals surface area contributed by atoms with Gasteiger partial charge in [0.05, 0.1) is 0 Å². The third-order valence-electron chi connectivity index (χ3n) is 3.70. The van der Waals surface area contributed by atoms with Gasteiger partial charge in [-0.2, -0.15) is 0 Å². The Morgan fingerprint density at radius 1 is 1.25 bits per heavy atom. The van der Waals surface area contributed by atoms with Crippen molar-refractivity contribution >= 4 is 27.0 Å². The van der Waals surface area contributed by atoms with E-state index in [-0.39, 0.29) is 20.9 Å². The fraction of sp³-hybridized carbons (Fsp3) is 0.333. The Balaban J connectivity index is 1.84. The first-order valence-electron chi connectivity index (χ1n) is 7.07. The summed E-state index contributed by atoms with van der Waals surface area (Å²) in [7, 11) is 4.34. The van der Waals surface area contributed by atoms with Crippen LogP contribution >= 0.6 is 0 Å². The third kappa shape index (κ3) is 4.35. The first-order valence-corrected chi connectivity index (χ1v) is 9.89. The Hall–Kier alpha value is -0.810. The van der Waals surface area contributed by atoms with E-state index in [1.807, 2.05) is 0 Å². The molecule has 20 heavy (non-hydrogen) atoms. The third-order valence-corrected chi connectivity index (χ3v) is 6.84. The number of hydrogen-bond donors (Lipinski definition) is 0. The summed E-state index contributed by atoms with van der Waals surface area (Å²) >= 11 is -0.0809. The van der Waals surface area contributed by atoms with E-state index >= 15 is 0 Å². The molecule has 1 nitrogen and oxygen atoms in total. The van der Waals surface area contributed by atoms with Crippen LogP contribution in [0.5, 0.6) is 0 Å². The fourth-order valence-corrected chi connectivity index (χ4v) is 5.17. The molecule has 0 heterocycles. The Morgan fingerprint density at radius 3 is 2.70 bits per heavy atom. The minimum absolute atomic E-state index is 0.0809. The molecule has 0 bridgehead atoms. The summed E-state index contributed by atoms with van der Waals surface area (Å²) in [6.45, 7) is 2.32. The number of rotatable bonds is 6. The zero-order chi connectivity index (χ0) is 14.4. The number of allylic oxidation sites excluding steroid dienone is 3. The second-order valence-electron chi connectivity index (χ2n) is 5.31. The molecule has 2 unspecified atom stereocenters. The van der Waals surface area contributed by atoms with Crippen LogP contribution < -0.4 is 0 Å². The van der Waals surface area contributed by atoms with E-state index in [2.05, 4.69) is 86.6 Å². The SMILES string of the molecule is CC(C1C=CC=C1[Te]C/C=C/c1ccccc1)N(C)C. The molecule has 1 aliphatic rings. The average molecular weight is 381 g/mol. The molecule has 0 aromatic heterocycles. The van der Waals surface area contributed by atoms with Crippen molar-refractivity contribution in [3.05, 3.63) is 63.8 Å². The number of benzene rings is 1. The summed E-state index contributed by atoms with van der Waals surface area (Å²) in [6, 6.07) is 11.2. The molecule has 2 heteroatoms. The van der Waals surface area contributed by atoms with Gasteiger partial charge < -0.3 is 0 Å². The van der Waals surface area contributed by atoms with Crippen molar-refractivity contribution in [1.82, 2.24) is 4.90 Å². The van der Waals surface area contributed by atoms with Crippen molar-refractivity contribution in [2.75, 3.05) is 14.1 Å². The van der Waals surface area contributed by atoms with Gasteiger partial charge in [-0.1, -0.05) is 0 Å². The molecule has 0 fully saturated rings. The molecule has 0 N–H and O–H groups in total. The van der Waals surface area contributed by atoms with Crippen LogP contribution in [-0.2, 0) is 0 Å². The van der Waals surface area contributed by atoms with Crippen LogP contribution in [0.1, 0.15) is 12.5 Å². The molecule has 1 aliphatic carbocycles. The van der Waals surface area contributed by atoms with Gasteiger partial charge in [-0.25, -0.2) is 0 Å². The number of nitrogens with zero attached hydrogens (tertiary/aromatic N) is 1. The van der Waals surface area contributed by atoms with E-state index in [1.165, 1.54) is 10.0 Å². The molecular formula is C18H23NTe. The van der Waals surface area contributed by atoms with E-state index < -0.39 is 0 Å². The molecule has 0 amide bonds. The average Bonchev–Trinajstić information content (AvgIpc) is 2.92. The van der Waals surface area contributed by atoms with Gasteiger partial charge in [0.25, 0.3) is 0 Å². The molecule has 0 saturated carbocycles.